The van der Waals surface area contributed by atoms with Crippen molar-refractivity contribution < 1.29 is 9.53 Å². The van der Waals surface area contributed by atoms with Gasteiger partial charge in [-0.15, -0.1) is 0 Å². The third kappa shape index (κ3) is 1.34. The van der Waals surface area contributed by atoms with Gasteiger partial charge < -0.3 is 9.64 Å². The molecule has 0 aromatic carbocycles. The summed E-state index contributed by atoms with van der Waals surface area (Å²) in [6, 6.07) is 0.669. The van der Waals surface area contributed by atoms with Crippen LogP contribution in [0.5, 0.6) is 0 Å². The maximum absolute atomic E-state index is 10.7. The second-order valence-corrected chi connectivity index (χ2v) is 3.91. The molecular weight excluding hydrogens is 168 g/mol. The van der Waals surface area contributed by atoms with Gasteiger partial charge in [0.2, 0.25) is 6.41 Å². The minimum Gasteiger partial charge on any atom is -0.373 e. The summed E-state index contributed by atoms with van der Waals surface area (Å²) < 4.78 is 5.63. The molecule has 4 heteroatoms. The van der Waals surface area contributed by atoms with Gasteiger partial charge in [-0.05, 0) is 6.92 Å². The molecule has 0 aromatic rings. The third-order valence-electron chi connectivity index (χ3n) is 3.21. The lowest BCUT2D eigenvalue weighted by atomic mass is 10.1. The van der Waals surface area contributed by atoms with Crippen molar-refractivity contribution in [2.45, 2.75) is 25.1 Å². The average Bonchev–Trinajstić information content (AvgIpc) is 2.38. The Labute approximate surface area is 78.4 Å². The van der Waals surface area contributed by atoms with Gasteiger partial charge in [0.05, 0.1) is 18.8 Å². The average molecular weight is 184 g/mol. The molecule has 0 spiro atoms. The van der Waals surface area contributed by atoms with Crippen LogP contribution in [0.25, 0.3) is 0 Å². The number of carbonyl (C=O) groups excluding carboxylic acids is 1. The van der Waals surface area contributed by atoms with E-state index in [0.717, 1.165) is 26.1 Å². The number of hydrogen-bond acceptors (Lipinski definition) is 3. The number of carbonyl (C=O) groups is 1. The van der Waals surface area contributed by atoms with Crippen molar-refractivity contribution in [2.75, 3.05) is 26.7 Å². The quantitative estimate of drug-likeness (QED) is 0.545. The van der Waals surface area contributed by atoms with Crippen molar-refractivity contribution in [3.63, 3.8) is 0 Å². The molecule has 74 valence electrons. The fourth-order valence-electron chi connectivity index (χ4n) is 2.47. The second-order valence-electron chi connectivity index (χ2n) is 3.91. The van der Waals surface area contributed by atoms with Gasteiger partial charge in [-0.2, -0.15) is 0 Å². The number of rotatable bonds is 2. The second kappa shape index (κ2) is 3.27. The third-order valence-corrected chi connectivity index (χ3v) is 3.21. The number of likely N-dealkylation sites (N-methyl/N-ethyl adjacent to an activating group) is 1. The smallest absolute Gasteiger partial charge is 0.209 e. The van der Waals surface area contributed by atoms with Gasteiger partial charge in [-0.1, -0.05) is 0 Å². The first kappa shape index (κ1) is 8.97. The number of morpholine rings is 1. The Morgan fingerprint density at radius 1 is 1.62 bits per heavy atom. The highest BCUT2D eigenvalue weighted by atomic mass is 16.5. The van der Waals surface area contributed by atoms with Gasteiger partial charge in [0, 0.05) is 26.2 Å². The van der Waals surface area contributed by atoms with Crippen LogP contribution in [0.4, 0.5) is 0 Å². The largest absolute Gasteiger partial charge is 0.373 e. The van der Waals surface area contributed by atoms with Crippen LogP contribution in [0.2, 0.25) is 0 Å². The van der Waals surface area contributed by atoms with Gasteiger partial charge in [0.1, 0.15) is 0 Å². The van der Waals surface area contributed by atoms with E-state index in [9.17, 15) is 4.79 Å². The van der Waals surface area contributed by atoms with Gasteiger partial charge in [-0.3, -0.25) is 9.69 Å². The molecule has 2 bridgehead atoms. The number of fused-ring (bicyclic) bond motifs is 2. The van der Waals surface area contributed by atoms with E-state index in [2.05, 4.69) is 11.8 Å². The number of hydrogen-bond donors (Lipinski definition) is 0. The van der Waals surface area contributed by atoms with Crippen LogP contribution in [0.15, 0.2) is 0 Å². The molecular formula is C9H16N2O2. The molecule has 0 N–H and O–H groups in total. The molecule has 4 unspecified atom stereocenters. The van der Waals surface area contributed by atoms with Crippen molar-refractivity contribution >= 4 is 6.41 Å². The minimum atomic E-state index is 0.221. The van der Waals surface area contributed by atoms with E-state index in [0.29, 0.717) is 6.04 Å². The number of ether oxygens (including phenoxy) is 1. The molecule has 2 aliphatic rings. The van der Waals surface area contributed by atoms with Gasteiger partial charge in [-0.25, -0.2) is 0 Å². The van der Waals surface area contributed by atoms with E-state index in [-0.39, 0.29) is 12.1 Å². The Kier molecular flexibility index (Phi) is 2.26. The Hall–Kier alpha value is -0.610. The van der Waals surface area contributed by atoms with Crippen molar-refractivity contribution in [2.24, 2.45) is 0 Å². The van der Waals surface area contributed by atoms with Crippen LogP contribution in [0.3, 0.4) is 0 Å². The van der Waals surface area contributed by atoms with E-state index in [1.807, 2.05) is 7.05 Å². The Balaban J connectivity index is 2.14. The summed E-state index contributed by atoms with van der Waals surface area (Å²) in [5, 5.41) is 0. The summed E-state index contributed by atoms with van der Waals surface area (Å²) >= 11 is 0. The fraction of sp³-hybridized carbons (Fsp3) is 0.889. The molecule has 13 heavy (non-hydrogen) atoms. The molecule has 0 aromatic heterocycles. The molecule has 0 saturated carbocycles. The molecule has 4 atom stereocenters. The topological polar surface area (TPSA) is 32.8 Å². The zero-order valence-corrected chi connectivity index (χ0v) is 8.14. The zero-order chi connectivity index (χ0) is 9.42. The lowest BCUT2D eigenvalue weighted by Crippen LogP contribution is -2.44. The normalized spacial score (nSPS) is 43.2. The summed E-state index contributed by atoms with van der Waals surface area (Å²) in [6.07, 6.45) is 1.12. The molecule has 0 aliphatic carbocycles. The highest BCUT2D eigenvalue weighted by molar-refractivity contribution is 5.47. The Morgan fingerprint density at radius 3 is 3.00 bits per heavy atom. The maximum Gasteiger partial charge on any atom is 0.209 e. The van der Waals surface area contributed by atoms with E-state index >= 15 is 0 Å². The Bertz CT molecular complexity index is 208. The van der Waals surface area contributed by atoms with Gasteiger partial charge in [0.25, 0.3) is 0 Å². The predicted molar refractivity (Wildman–Crippen MR) is 48.4 cm³/mol. The highest BCUT2D eigenvalue weighted by Crippen LogP contribution is 2.26. The molecule has 2 saturated heterocycles. The van der Waals surface area contributed by atoms with Gasteiger partial charge in [0.15, 0.2) is 0 Å². The van der Waals surface area contributed by atoms with Crippen LogP contribution in [-0.2, 0) is 9.53 Å². The monoisotopic (exact) mass is 184 g/mol. The molecule has 1 amide bonds. The first-order chi connectivity index (χ1) is 6.24. The van der Waals surface area contributed by atoms with Crippen LogP contribution in [-0.4, -0.2) is 61.1 Å². The van der Waals surface area contributed by atoms with E-state index in [1.165, 1.54) is 0 Å². The lowest BCUT2D eigenvalue weighted by Gasteiger charge is -2.27. The summed E-state index contributed by atoms with van der Waals surface area (Å²) in [6.45, 7) is 4.95. The van der Waals surface area contributed by atoms with Crippen LogP contribution < -0.4 is 0 Å². The summed E-state index contributed by atoms with van der Waals surface area (Å²) in [5.74, 6) is 0. The molecule has 2 fully saturated rings. The lowest BCUT2D eigenvalue weighted by molar-refractivity contribution is -0.121. The van der Waals surface area contributed by atoms with Crippen molar-refractivity contribution in [3.05, 3.63) is 0 Å². The highest BCUT2D eigenvalue weighted by Gasteiger charge is 2.44. The standard InChI is InChI=1S/C9H16N2O2/c1-7-9(10(2)6-12)8-5-11(7)3-4-13-8/h6-9H,3-5H2,1-2H3. The predicted octanol–water partition coefficient (Wildman–Crippen LogP) is -0.454. The van der Waals surface area contributed by atoms with Crippen molar-refractivity contribution in [1.82, 2.24) is 9.80 Å². The fourth-order valence-corrected chi connectivity index (χ4v) is 2.47. The molecule has 2 aliphatic heterocycles. The van der Waals surface area contributed by atoms with Crippen LogP contribution >= 0.6 is 0 Å². The van der Waals surface area contributed by atoms with E-state index in [4.69, 9.17) is 4.74 Å². The first-order valence-electron chi connectivity index (χ1n) is 4.77. The van der Waals surface area contributed by atoms with E-state index in [1.54, 1.807) is 4.90 Å². The molecule has 0 radical (unpaired) electrons. The first-order valence-corrected chi connectivity index (χ1v) is 4.77. The Morgan fingerprint density at radius 2 is 2.38 bits per heavy atom. The minimum absolute atomic E-state index is 0.221. The SMILES string of the molecule is CC1C(N(C)C=O)C2CN1CCO2. The van der Waals surface area contributed by atoms with Crippen LogP contribution in [0.1, 0.15) is 6.92 Å². The molecule has 2 rings (SSSR count). The summed E-state index contributed by atoms with van der Waals surface area (Å²) in [5.41, 5.74) is 0. The molecule has 4 nitrogen and oxygen atoms in total. The van der Waals surface area contributed by atoms with Crippen molar-refractivity contribution in [1.29, 1.82) is 0 Å². The number of nitrogens with zero attached hydrogens (tertiary/aromatic N) is 2. The molecule has 2 heterocycles. The summed E-state index contributed by atoms with van der Waals surface area (Å²) in [7, 11) is 1.83. The zero-order valence-electron chi connectivity index (χ0n) is 8.14. The van der Waals surface area contributed by atoms with Crippen molar-refractivity contribution in [3.8, 4) is 0 Å². The van der Waals surface area contributed by atoms with Crippen LogP contribution in [0, 0.1) is 0 Å². The summed E-state index contributed by atoms with van der Waals surface area (Å²) in [4.78, 5) is 14.8. The number of amides is 1. The maximum atomic E-state index is 10.7. The van der Waals surface area contributed by atoms with E-state index < -0.39 is 0 Å². The van der Waals surface area contributed by atoms with Gasteiger partial charge >= 0.3 is 0 Å².